The molecule has 0 aromatic rings. The fraction of sp³-hybridized carbons (Fsp3) is 0.857. The lowest BCUT2D eigenvalue weighted by Crippen LogP contribution is -2.21. The largest absolute Gasteiger partial charge is 0.396 e. The van der Waals surface area contributed by atoms with Crippen molar-refractivity contribution >= 4 is 5.97 Å². The molecule has 0 spiro atoms. The van der Waals surface area contributed by atoms with E-state index in [9.17, 15) is 4.79 Å². The highest BCUT2D eigenvalue weighted by atomic mass is 16.7. The number of carbonyl (C=O) groups is 1. The predicted molar refractivity (Wildman–Crippen MR) is 40.6 cm³/mol. The van der Waals surface area contributed by atoms with Crippen molar-refractivity contribution in [3.63, 3.8) is 0 Å². The number of hydrogen-bond donors (Lipinski definition) is 2. The van der Waals surface area contributed by atoms with E-state index in [2.05, 4.69) is 10.3 Å². The number of hydroxylamine groups is 1. The van der Waals surface area contributed by atoms with E-state index in [1.54, 1.807) is 6.92 Å². The molecular weight excluding hydrogens is 146 g/mol. The van der Waals surface area contributed by atoms with Crippen molar-refractivity contribution in [1.29, 1.82) is 0 Å². The van der Waals surface area contributed by atoms with Gasteiger partial charge in [-0.15, -0.1) is 0 Å². The van der Waals surface area contributed by atoms with Crippen LogP contribution in [0, 0.1) is 5.92 Å². The van der Waals surface area contributed by atoms with Crippen LogP contribution in [0.4, 0.5) is 0 Å². The fourth-order valence-corrected chi connectivity index (χ4v) is 0.717. The molecule has 2 N–H and O–H groups in total. The van der Waals surface area contributed by atoms with Gasteiger partial charge < -0.3 is 9.94 Å². The van der Waals surface area contributed by atoms with Crippen molar-refractivity contribution in [3.8, 4) is 0 Å². The third kappa shape index (κ3) is 4.75. The zero-order chi connectivity index (χ0) is 8.69. The van der Waals surface area contributed by atoms with Gasteiger partial charge in [0.2, 0.25) is 0 Å². The first-order valence-electron chi connectivity index (χ1n) is 3.70. The van der Waals surface area contributed by atoms with Gasteiger partial charge in [-0.1, -0.05) is 6.92 Å². The second-order valence-electron chi connectivity index (χ2n) is 2.39. The highest BCUT2D eigenvalue weighted by Gasteiger charge is 2.12. The van der Waals surface area contributed by atoms with E-state index in [1.807, 2.05) is 0 Å². The van der Waals surface area contributed by atoms with E-state index >= 15 is 0 Å². The van der Waals surface area contributed by atoms with Gasteiger partial charge in [-0.3, -0.25) is 4.79 Å². The Bertz CT molecular complexity index is 116. The van der Waals surface area contributed by atoms with Crippen LogP contribution in [0.2, 0.25) is 0 Å². The van der Waals surface area contributed by atoms with Crippen molar-refractivity contribution in [1.82, 2.24) is 5.48 Å². The van der Waals surface area contributed by atoms with Crippen LogP contribution in [0.1, 0.15) is 19.8 Å². The molecule has 4 heteroatoms. The molecule has 0 aromatic carbocycles. The summed E-state index contributed by atoms with van der Waals surface area (Å²) in [7, 11) is 1.54. The van der Waals surface area contributed by atoms with Crippen LogP contribution < -0.4 is 5.48 Å². The van der Waals surface area contributed by atoms with Crippen LogP contribution in [0.15, 0.2) is 0 Å². The van der Waals surface area contributed by atoms with Crippen molar-refractivity contribution in [3.05, 3.63) is 0 Å². The number of carbonyl (C=O) groups excluding carboxylic acids is 1. The Balaban J connectivity index is 3.46. The average Bonchev–Trinajstić information content (AvgIpc) is 2.00. The normalized spacial score (nSPS) is 12.6. The molecule has 11 heavy (non-hydrogen) atoms. The van der Waals surface area contributed by atoms with Crippen LogP contribution >= 0.6 is 0 Å². The van der Waals surface area contributed by atoms with E-state index in [1.165, 1.54) is 7.05 Å². The average molecular weight is 161 g/mol. The Labute approximate surface area is 66.5 Å². The Morgan fingerprint density at radius 2 is 2.36 bits per heavy atom. The number of rotatable bonds is 5. The molecule has 0 bridgehead atoms. The summed E-state index contributed by atoms with van der Waals surface area (Å²) in [6.07, 6.45) is 1.30. The van der Waals surface area contributed by atoms with Gasteiger partial charge in [0.1, 0.15) is 0 Å². The Morgan fingerprint density at radius 1 is 1.73 bits per heavy atom. The van der Waals surface area contributed by atoms with Gasteiger partial charge in [0.05, 0.1) is 5.92 Å². The molecule has 4 nitrogen and oxygen atoms in total. The van der Waals surface area contributed by atoms with Gasteiger partial charge in [0, 0.05) is 13.7 Å². The van der Waals surface area contributed by atoms with Crippen molar-refractivity contribution in [2.45, 2.75) is 19.8 Å². The molecule has 0 heterocycles. The number of aliphatic hydroxyl groups excluding tert-OH is 1. The first-order valence-corrected chi connectivity index (χ1v) is 3.70. The predicted octanol–water partition coefficient (Wildman–Crippen LogP) is 0.0726. The standard InChI is InChI=1S/C7H15NO3/c1-6(4-3-5-9)7(10)11-8-2/h6,8-9H,3-5H2,1-2H3. The lowest BCUT2D eigenvalue weighted by atomic mass is 10.1. The van der Waals surface area contributed by atoms with Gasteiger partial charge in [-0.25, -0.2) is 0 Å². The van der Waals surface area contributed by atoms with Gasteiger partial charge >= 0.3 is 5.97 Å². The molecule has 0 radical (unpaired) electrons. The molecule has 0 rings (SSSR count). The molecular formula is C7H15NO3. The molecule has 0 aliphatic heterocycles. The highest BCUT2D eigenvalue weighted by molar-refractivity contribution is 5.71. The molecule has 0 aliphatic carbocycles. The first kappa shape index (κ1) is 10.4. The van der Waals surface area contributed by atoms with E-state index in [-0.39, 0.29) is 18.5 Å². The van der Waals surface area contributed by atoms with Crippen LogP contribution in [0.5, 0.6) is 0 Å². The Hall–Kier alpha value is -0.610. The van der Waals surface area contributed by atoms with Crippen molar-refractivity contribution < 1.29 is 14.7 Å². The third-order valence-corrected chi connectivity index (χ3v) is 1.40. The van der Waals surface area contributed by atoms with E-state index in [4.69, 9.17) is 5.11 Å². The second-order valence-corrected chi connectivity index (χ2v) is 2.39. The highest BCUT2D eigenvalue weighted by Crippen LogP contribution is 2.05. The molecule has 0 amide bonds. The SMILES string of the molecule is CNOC(=O)C(C)CCCO. The zero-order valence-corrected chi connectivity index (χ0v) is 6.96. The minimum Gasteiger partial charge on any atom is -0.396 e. The summed E-state index contributed by atoms with van der Waals surface area (Å²) in [5, 5.41) is 8.46. The number of hydrogen-bond acceptors (Lipinski definition) is 4. The molecule has 0 aliphatic rings. The summed E-state index contributed by atoms with van der Waals surface area (Å²) in [6, 6.07) is 0. The first-order chi connectivity index (χ1) is 5.22. The van der Waals surface area contributed by atoms with Crippen LogP contribution in [-0.2, 0) is 9.63 Å². The van der Waals surface area contributed by atoms with Crippen LogP contribution in [0.25, 0.3) is 0 Å². The lowest BCUT2D eigenvalue weighted by molar-refractivity contribution is -0.154. The van der Waals surface area contributed by atoms with E-state index in [0.29, 0.717) is 12.8 Å². The van der Waals surface area contributed by atoms with Gasteiger partial charge in [0.15, 0.2) is 0 Å². The smallest absolute Gasteiger partial charge is 0.327 e. The molecule has 0 saturated heterocycles. The zero-order valence-electron chi connectivity index (χ0n) is 6.96. The van der Waals surface area contributed by atoms with E-state index < -0.39 is 0 Å². The minimum absolute atomic E-state index is 0.122. The monoisotopic (exact) mass is 161 g/mol. The molecule has 66 valence electrons. The maximum Gasteiger partial charge on any atom is 0.327 e. The molecule has 0 fully saturated rings. The van der Waals surface area contributed by atoms with E-state index in [0.717, 1.165) is 0 Å². The summed E-state index contributed by atoms with van der Waals surface area (Å²) >= 11 is 0. The maximum atomic E-state index is 10.9. The fourth-order valence-electron chi connectivity index (χ4n) is 0.717. The third-order valence-electron chi connectivity index (χ3n) is 1.40. The molecule has 0 saturated carbocycles. The van der Waals surface area contributed by atoms with Gasteiger partial charge in [-0.05, 0) is 12.8 Å². The van der Waals surface area contributed by atoms with Crippen LogP contribution in [-0.4, -0.2) is 24.7 Å². The molecule has 1 atom stereocenters. The molecule has 0 aromatic heterocycles. The van der Waals surface area contributed by atoms with Crippen molar-refractivity contribution in [2.24, 2.45) is 5.92 Å². The summed E-state index contributed by atoms with van der Waals surface area (Å²) < 4.78 is 0. The lowest BCUT2D eigenvalue weighted by Gasteiger charge is -2.07. The van der Waals surface area contributed by atoms with Gasteiger partial charge in [0.25, 0.3) is 0 Å². The quantitative estimate of drug-likeness (QED) is 0.560. The summed E-state index contributed by atoms with van der Waals surface area (Å²) in [4.78, 5) is 15.4. The van der Waals surface area contributed by atoms with Crippen molar-refractivity contribution in [2.75, 3.05) is 13.7 Å². The number of aliphatic hydroxyl groups is 1. The molecule has 1 unspecified atom stereocenters. The van der Waals surface area contributed by atoms with Crippen LogP contribution in [0.3, 0.4) is 0 Å². The summed E-state index contributed by atoms with van der Waals surface area (Å²) in [6.45, 7) is 1.90. The maximum absolute atomic E-state index is 10.9. The summed E-state index contributed by atoms with van der Waals surface area (Å²) in [5.41, 5.74) is 2.31. The Morgan fingerprint density at radius 3 is 2.82 bits per heavy atom. The summed E-state index contributed by atoms with van der Waals surface area (Å²) in [5.74, 6) is -0.421. The second kappa shape index (κ2) is 6.12. The number of nitrogens with one attached hydrogen (secondary N) is 1. The Kier molecular flexibility index (Phi) is 5.78. The topological polar surface area (TPSA) is 58.6 Å². The minimum atomic E-state index is -0.277. The van der Waals surface area contributed by atoms with Gasteiger partial charge in [-0.2, -0.15) is 5.48 Å².